The Balaban J connectivity index is 0.00000272. The molecule has 6 heteroatoms. The number of H-pyrrole nitrogens is 1. The number of carboxylic acid groups (broad SMARTS) is 1. The first kappa shape index (κ1) is 22.9. The van der Waals surface area contributed by atoms with Crippen LogP contribution in [0, 0.1) is 0 Å². The van der Waals surface area contributed by atoms with E-state index in [4.69, 9.17) is 4.74 Å². The summed E-state index contributed by atoms with van der Waals surface area (Å²) in [6, 6.07) is 14.7. The summed E-state index contributed by atoms with van der Waals surface area (Å²) in [7, 11) is 1.51. The van der Waals surface area contributed by atoms with Crippen LogP contribution in [0.15, 0.2) is 54.7 Å². The second kappa shape index (κ2) is 10.5. The first-order valence-corrected chi connectivity index (χ1v) is 10.5. The molecule has 3 aromatic rings. The van der Waals surface area contributed by atoms with Gasteiger partial charge in [-0.2, -0.15) is 0 Å². The molecule has 2 heterocycles. The van der Waals surface area contributed by atoms with Gasteiger partial charge in [-0.25, -0.2) is 4.79 Å². The van der Waals surface area contributed by atoms with Gasteiger partial charge in [0.2, 0.25) is 0 Å². The molecule has 0 spiro atoms. The molecular weight excluding hydrogens is 412 g/mol. The fraction of sp³-hybridized carbons (Fsp3) is 0.320. The molecule has 0 saturated heterocycles. The van der Waals surface area contributed by atoms with E-state index in [0.717, 1.165) is 49.6 Å². The summed E-state index contributed by atoms with van der Waals surface area (Å²) in [6.45, 7) is 0.934. The number of aromatic amines is 1. The summed E-state index contributed by atoms with van der Waals surface area (Å²) >= 11 is 0. The van der Waals surface area contributed by atoms with E-state index in [1.54, 1.807) is 6.07 Å². The maximum Gasteiger partial charge on any atom is 0.339 e. The Hall–Kier alpha value is -2.76. The highest BCUT2D eigenvalue weighted by atomic mass is 35.5. The number of hydrogen-bond donors (Lipinski definition) is 3. The molecule has 1 aliphatic rings. The number of nitrogens with one attached hydrogen (secondary N) is 2. The van der Waals surface area contributed by atoms with Crippen molar-refractivity contribution in [2.45, 2.75) is 38.1 Å². The zero-order valence-corrected chi connectivity index (χ0v) is 18.5. The lowest BCUT2D eigenvalue weighted by atomic mass is 9.92. The van der Waals surface area contributed by atoms with Crippen molar-refractivity contribution in [2.24, 2.45) is 0 Å². The van der Waals surface area contributed by atoms with Gasteiger partial charge in [0.1, 0.15) is 11.3 Å². The van der Waals surface area contributed by atoms with E-state index in [-0.39, 0.29) is 18.0 Å². The van der Waals surface area contributed by atoms with Crippen molar-refractivity contribution in [3.05, 3.63) is 71.4 Å². The van der Waals surface area contributed by atoms with Crippen LogP contribution in [0.2, 0.25) is 0 Å². The zero-order valence-electron chi connectivity index (χ0n) is 17.7. The van der Waals surface area contributed by atoms with Gasteiger partial charge in [0, 0.05) is 29.7 Å². The topological polar surface area (TPSA) is 74.3 Å². The lowest BCUT2D eigenvalue weighted by molar-refractivity contribution is 0.0693. The van der Waals surface area contributed by atoms with E-state index >= 15 is 0 Å². The van der Waals surface area contributed by atoms with E-state index in [1.807, 2.05) is 12.3 Å². The summed E-state index contributed by atoms with van der Waals surface area (Å²) in [6.07, 6.45) is 9.73. The first-order chi connectivity index (χ1) is 14.7. The standard InChI is InChI=1S/C25H28N2O3.ClH/c1-30-24-15-21-19(16-27-23(21)14-22(24)25(28)29)9-5-6-10-20-13-18(11-12-26-20)17-7-3-2-4-8-17;/h2-4,7-8,11,14-16,20,26-27H,5-6,9-10,12-13H2,1H3,(H,28,29);1H. The molecule has 1 aliphatic heterocycles. The van der Waals surface area contributed by atoms with Crippen LogP contribution >= 0.6 is 12.4 Å². The van der Waals surface area contributed by atoms with E-state index in [0.29, 0.717) is 11.8 Å². The normalized spacial score (nSPS) is 15.9. The summed E-state index contributed by atoms with van der Waals surface area (Å²) in [4.78, 5) is 14.6. The van der Waals surface area contributed by atoms with Crippen LogP contribution < -0.4 is 10.1 Å². The fourth-order valence-electron chi connectivity index (χ4n) is 4.32. The number of carbonyl (C=O) groups is 1. The summed E-state index contributed by atoms with van der Waals surface area (Å²) in [5.41, 5.74) is 5.01. The number of methoxy groups -OCH3 is 1. The van der Waals surface area contributed by atoms with Crippen molar-refractivity contribution in [3.63, 3.8) is 0 Å². The van der Waals surface area contributed by atoms with Crippen molar-refractivity contribution in [2.75, 3.05) is 13.7 Å². The summed E-state index contributed by atoms with van der Waals surface area (Å²) in [5.74, 6) is -0.573. The molecule has 164 valence electrons. The molecule has 0 fully saturated rings. The van der Waals surface area contributed by atoms with Crippen molar-refractivity contribution >= 4 is 34.9 Å². The quantitative estimate of drug-likeness (QED) is 0.407. The number of benzene rings is 2. The molecule has 0 bridgehead atoms. The van der Waals surface area contributed by atoms with E-state index in [2.05, 4.69) is 46.7 Å². The smallest absolute Gasteiger partial charge is 0.339 e. The van der Waals surface area contributed by atoms with Gasteiger partial charge in [-0.3, -0.25) is 0 Å². The minimum Gasteiger partial charge on any atom is -0.496 e. The van der Waals surface area contributed by atoms with Crippen LogP contribution in [0.5, 0.6) is 5.75 Å². The number of unbranched alkanes of at least 4 members (excludes halogenated alkanes) is 1. The number of ether oxygens (including phenoxy) is 1. The molecular formula is C25H29ClN2O3. The van der Waals surface area contributed by atoms with Crippen LogP contribution in [0.4, 0.5) is 0 Å². The Kier molecular flexibility index (Phi) is 7.77. The number of hydrogen-bond acceptors (Lipinski definition) is 3. The second-order valence-electron chi connectivity index (χ2n) is 7.87. The minimum absolute atomic E-state index is 0. The molecule has 5 nitrogen and oxygen atoms in total. The Labute approximate surface area is 188 Å². The van der Waals surface area contributed by atoms with Crippen LogP contribution in [-0.2, 0) is 6.42 Å². The Morgan fingerprint density at radius 3 is 2.74 bits per heavy atom. The third-order valence-electron chi connectivity index (χ3n) is 5.93. The highest BCUT2D eigenvalue weighted by Crippen LogP contribution is 2.29. The summed E-state index contributed by atoms with van der Waals surface area (Å²) in [5, 5.41) is 14.0. The van der Waals surface area contributed by atoms with Gasteiger partial charge in [-0.05, 0) is 54.5 Å². The number of aryl methyl sites for hydroxylation is 1. The van der Waals surface area contributed by atoms with E-state index in [9.17, 15) is 9.90 Å². The SMILES string of the molecule is COc1cc2c(CCCCC3CC(c4ccccc4)=CCN3)c[nH]c2cc1C(=O)O.Cl. The number of aromatic nitrogens is 1. The zero-order chi connectivity index (χ0) is 20.9. The lowest BCUT2D eigenvalue weighted by Gasteiger charge is -2.24. The highest BCUT2D eigenvalue weighted by molar-refractivity contribution is 5.97. The largest absolute Gasteiger partial charge is 0.496 e. The van der Waals surface area contributed by atoms with Gasteiger partial charge in [-0.1, -0.05) is 42.8 Å². The first-order valence-electron chi connectivity index (χ1n) is 10.5. The maximum absolute atomic E-state index is 11.4. The third kappa shape index (κ3) is 5.30. The average molecular weight is 441 g/mol. The Bertz CT molecular complexity index is 1060. The fourth-order valence-corrected chi connectivity index (χ4v) is 4.32. The Morgan fingerprint density at radius 1 is 1.19 bits per heavy atom. The monoisotopic (exact) mass is 440 g/mol. The van der Waals surface area contributed by atoms with Gasteiger partial charge in [0.25, 0.3) is 0 Å². The van der Waals surface area contributed by atoms with Crippen molar-refractivity contribution in [1.29, 1.82) is 0 Å². The van der Waals surface area contributed by atoms with Crippen LogP contribution in [0.3, 0.4) is 0 Å². The predicted molar refractivity (Wildman–Crippen MR) is 127 cm³/mol. The maximum atomic E-state index is 11.4. The average Bonchev–Trinajstić information content (AvgIpc) is 3.18. The van der Waals surface area contributed by atoms with E-state index in [1.165, 1.54) is 23.8 Å². The molecule has 0 amide bonds. The minimum atomic E-state index is -0.978. The summed E-state index contributed by atoms with van der Waals surface area (Å²) < 4.78 is 5.28. The molecule has 1 atom stereocenters. The predicted octanol–water partition coefficient (Wildman–Crippen LogP) is 5.45. The Morgan fingerprint density at radius 2 is 2.00 bits per heavy atom. The molecule has 2 aromatic carbocycles. The molecule has 3 N–H and O–H groups in total. The molecule has 4 rings (SSSR count). The molecule has 0 radical (unpaired) electrons. The molecule has 0 saturated carbocycles. The third-order valence-corrected chi connectivity index (χ3v) is 5.93. The number of rotatable bonds is 8. The van der Waals surface area contributed by atoms with Gasteiger partial charge >= 0.3 is 5.97 Å². The molecule has 31 heavy (non-hydrogen) atoms. The number of fused-ring (bicyclic) bond motifs is 1. The van der Waals surface area contributed by atoms with Gasteiger partial charge in [0.15, 0.2) is 0 Å². The number of carboxylic acids is 1. The van der Waals surface area contributed by atoms with Gasteiger partial charge < -0.3 is 20.1 Å². The molecule has 0 aliphatic carbocycles. The highest BCUT2D eigenvalue weighted by Gasteiger charge is 2.17. The second-order valence-corrected chi connectivity index (χ2v) is 7.87. The van der Waals surface area contributed by atoms with Gasteiger partial charge in [0.05, 0.1) is 7.11 Å². The van der Waals surface area contributed by atoms with Crippen LogP contribution in [-0.4, -0.2) is 35.8 Å². The van der Waals surface area contributed by atoms with Crippen molar-refractivity contribution in [3.8, 4) is 5.75 Å². The molecule has 1 aromatic heterocycles. The van der Waals surface area contributed by atoms with Crippen LogP contribution in [0.1, 0.15) is 47.2 Å². The number of halogens is 1. The number of aromatic carboxylic acids is 1. The van der Waals surface area contributed by atoms with Crippen LogP contribution in [0.25, 0.3) is 16.5 Å². The molecule has 1 unspecified atom stereocenters. The lowest BCUT2D eigenvalue weighted by Crippen LogP contribution is -2.32. The van der Waals surface area contributed by atoms with E-state index < -0.39 is 5.97 Å². The van der Waals surface area contributed by atoms with Crippen molar-refractivity contribution < 1.29 is 14.6 Å². The van der Waals surface area contributed by atoms with Gasteiger partial charge in [-0.15, -0.1) is 12.4 Å². The van der Waals surface area contributed by atoms with Crippen molar-refractivity contribution in [1.82, 2.24) is 10.3 Å².